The van der Waals surface area contributed by atoms with Crippen molar-refractivity contribution in [2.45, 2.75) is 51.5 Å². The second-order valence-corrected chi connectivity index (χ2v) is 7.57. The van der Waals surface area contributed by atoms with Crippen LogP contribution in [0.1, 0.15) is 43.9 Å². The van der Waals surface area contributed by atoms with E-state index >= 15 is 0 Å². The van der Waals surface area contributed by atoms with E-state index in [0.29, 0.717) is 6.04 Å². The molecule has 144 valence electrons. The standard InChI is InChI=1S/C20H26ClN3.2ClH/c1-2-24-11-9-15(10-12-24)22-20-16-5-3-4-6-18(16)23-19-13-14(21)7-8-17(19)20;;/h7-8,13,15H,2-6,9-12H2,1H3,(H,22,23);2*1H. The smallest absolute Gasteiger partial charge is 0.0741 e. The van der Waals surface area contributed by atoms with E-state index in [2.05, 4.69) is 23.2 Å². The highest BCUT2D eigenvalue weighted by atomic mass is 35.5. The van der Waals surface area contributed by atoms with Crippen LogP contribution in [-0.2, 0) is 12.8 Å². The minimum absolute atomic E-state index is 0. The van der Waals surface area contributed by atoms with Crippen LogP contribution in [0.4, 0.5) is 5.69 Å². The number of fused-ring (bicyclic) bond motifs is 2. The molecule has 0 spiro atoms. The number of likely N-dealkylation sites (tertiary alicyclic amines) is 1. The molecule has 3 nitrogen and oxygen atoms in total. The van der Waals surface area contributed by atoms with E-state index in [1.807, 2.05) is 12.1 Å². The van der Waals surface area contributed by atoms with E-state index < -0.39 is 0 Å². The predicted molar refractivity (Wildman–Crippen MR) is 117 cm³/mol. The topological polar surface area (TPSA) is 28.2 Å². The lowest BCUT2D eigenvalue weighted by molar-refractivity contribution is 0.229. The zero-order valence-corrected chi connectivity index (χ0v) is 17.7. The van der Waals surface area contributed by atoms with Gasteiger partial charge in [0.15, 0.2) is 0 Å². The molecule has 1 aliphatic carbocycles. The summed E-state index contributed by atoms with van der Waals surface area (Å²) in [7, 11) is 0. The number of piperidine rings is 1. The third-order valence-corrected chi connectivity index (χ3v) is 5.84. The summed E-state index contributed by atoms with van der Waals surface area (Å²) in [5, 5.41) is 5.91. The maximum Gasteiger partial charge on any atom is 0.0741 e. The molecule has 0 radical (unpaired) electrons. The van der Waals surface area contributed by atoms with Crippen LogP contribution in [0.25, 0.3) is 10.9 Å². The minimum atomic E-state index is 0. The van der Waals surface area contributed by atoms with Crippen molar-refractivity contribution in [3.05, 3.63) is 34.5 Å². The van der Waals surface area contributed by atoms with Gasteiger partial charge < -0.3 is 10.2 Å². The van der Waals surface area contributed by atoms with Crippen LogP contribution in [0.5, 0.6) is 0 Å². The van der Waals surface area contributed by atoms with Gasteiger partial charge >= 0.3 is 0 Å². The minimum Gasteiger partial charge on any atom is -0.381 e. The Kier molecular flexibility index (Phi) is 7.84. The number of aromatic nitrogens is 1. The zero-order chi connectivity index (χ0) is 16.5. The summed E-state index contributed by atoms with van der Waals surface area (Å²) in [6.45, 7) is 5.82. The normalized spacial score (nSPS) is 17.9. The third kappa shape index (κ3) is 4.39. The number of hydrogen-bond acceptors (Lipinski definition) is 3. The molecule has 4 rings (SSSR count). The summed E-state index contributed by atoms with van der Waals surface area (Å²) in [5.74, 6) is 0. The number of benzene rings is 1. The summed E-state index contributed by atoms with van der Waals surface area (Å²) in [5.41, 5.74) is 5.11. The first kappa shape index (κ1) is 21.6. The van der Waals surface area contributed by atoms with E-state index in [-0.39, 0.29) is 24.8 Å². The SMILES string of the molecule is CCN1CCC(Nc2c3c(nc4cc(Cl)ccc24)CCCC3)CC1.Cl.Cl. The van der Waals surface area contributed by atoms with Gasteiger partial charge in [-0.15, -0.1) is 24.8 Å². The molecule has 1 N–H and O–H groups in total. The van der Waals surface area contributed by atoms with Gasteiger partial charge in [-0.1, -0.05) is 18.5 Å². The number of nitrogens with zero attached hydrogens (tertiary/aromatic N) is 2. The largest absolute Gasteiger partial charge is 0.381 e. The van der Waals surface area contributed by atoms with E-state index in [4.69, 9.17) is 16.6 Å². The highest BCUT2D eigenvalue weighted by Crippen LogP contribution is 2.35. The molecule has 2 heterocycles. The molecule has 6 heteroatoms. The fraction of sp³-hybridized carbons (Fsp3) is 0.550. The molecule has 1 saturated heterocycles. The van der Waals surface area contributed by atoms with Crippen molar-refractivity contribution in [3.63, 3.8) is 0 Å². The average molecular weight is 417 g/mol. The van der Waals surface area contributed by atoms with E-state index in [9.17, 15) is 0 Å². The third-order valence-electron chi connectivity index (χ3n) is 5.61. The number of hydrogen-bond donors (Lipinski definition) is 1. The van der Waals surface area contributed by atoms with Crippen molar-refractivity contribution in [1.29, 1.82) is 0 Å². The molecule has 1 aromatic heterocycles. The number of nitrogens with one attached hydrogen (secondary N) is 1. The van der Waals surface area contributed by atoms with Gasteiger partial charge in [-0.25, -0.2) is 0 Å². The Morgan fingerprint density at radius 1 is 1.15 bits per heavy atom. The zero-order valence-electron chi connectivity index (χ0n) is 15.3. The van der Waals surface area contributed by atoms with Crippen molar-refractivity contribution in [2.24, 2.45) is 0 Å². The number of anilines is 1. The molecule has 0 bridgehead atoms. The molecule has 0 unspecified atom stereocenters. The molecule has 1 aromatic carbocycles. The van der Waals surface area contributed by atoms with Crippen molar-refractivity contribution < 1.29 is 0 Å². The van der Waals surface area contributed by atoms with E-state index in [1.165, 1.54) is 67.6 Å². The fourth-order valence-corrected chi connectivity index (χ4v) is 4.33. The lowest BCUT2D eigenvalue weighted by Gasteiger charge is -2.33. The van der Waals surface area contributed by atoms with Crippen molar-refractivity contribution in [1.82, 2.24) is 9.88 Å². The van der Waals surface area contributed by atoms with Gasteiger partial charge in [0.1, 0.15) is 0 Å². The summed E-state index contributed by atoms with van der Waals surface area (Å²) >= 11 is 6.21. The Labute approximate surface area is 173 Å². The lowest BCUT2D eigenvalue weighted by atomic mass is 9.92. The Morgan fingerprint density at radius 3 is 2.62 bits per heavy atom. The van der Waals surface area contributed by atoms with Crippen LogP contribution in [0, 0.1) is 0 Å². The first-order chi connectivity index (χ1) is 11.7. The van der Waals surface area contributed by atoms with Gasteiger partial charge in [-0.2, -0.15) is 0 Å². The molecule has 2 aromatic rings. The summed E-state index contributed by atoms with van der Waals surface area (Å²) < 4.78 is 0. The maximum atomic E-state index is 6.21. The van der Waals surface area contributed by atoms with Gasteiger partial charge in [0.2, 0.25) is 0 Å². The first-order valence-corrected chi connectivity index (χ1v) is 9.72. The molecule has 0 atom stereocenters. The number of halogens is 3. The predicted octanol–water partition coefficient (Wildman–Crippen LogP) is 5.51. The Balaban J connectivity index is 0.00000121. The number of pyridine rings is 1. The summed E-state index contributed by atoms with van der Waals surface area (Å²) in [6, 6.07) is 6.71. The average Bonchev–Trinajstić information content (AvgIpc) is 2.62. The van der Waals surface area contributed by atoms with E-state index in [1.54, 1.807) is 0 Å². The maximum absolute atomic E-state index is 6.21. The second kappa shape index (κ2) is 9.45. The number of rotatable bonds is 3. The van der Waals surface area contributed by atoms with Crippen molar-refractivity contribution in [2.75, 3.05) is 25.0 Å². The Bertz CT molecular complexity index is 743. The molecule has 1 aliphatic heterocycles. The highest BCUT2D eigenvalue weighted by molar-refractivity contribution is 6.31. The quantitative estimate of drug-likeness (QED) is 0.715. The molecule has 0 amide bonds. The van der Waals surface area contributed by atoms with Gasteiger partial charge in [0, 0.05) is 40.9 Å². The number of aryl methyl sites for hydroxylation is 1. The van der Waals surface area contributed by atoms with Gasteiger partial charge in [0.25, 0.3) is 0 Å². The van der Waals surface area contributed by atoms with Gasteiger partial charge in [-0.05, 0) is 68.8 Å². The van der Waals surface area contributed by atoms with Crippen molar-refractivity contribution in [3.8, 4) is 0 Å². The molecule has 0 saturated carbocycles. The lowest BCUT2D eigenvalue weighted by Crippen LogP contribution is -2.39. The fourth-order valence-electron chi connectivity index (χ4n) is 4.16. The Hall–Kier alpha value is -0.740. The van der Waals surface area contributed by atoms with Crippen LogP contribution < -0.4 is 5.32 Å². The molecular weight excluding hydrogens is 389 g/mol. The van der Waals surface area contributed by atoms with E-state index in [0.717, 1.165) is 23.4 Å². The highest BCUT2D eigenvalue weighted by Gasteiger charge is 2.23. The van der Waals surface area contributed by atoms with Crippen LogP contribution in [0.15, 0.2) is 18.2 Å². The molecule has 1 fully saturated rings. The van der Waals surface area contributed by atoms with Crippen LogP contribution in [0.3, 0.4) is 0 Å². The second-order valence-electron chi connectivity index (χ2n) is 7.13. The van der Waals surface area contributed by atoms with Crippen LogP contribution in [0.2, 0.25) is 5.02 Å². The van der Waals surface area contributed by atoms with Crippen LogP contribution >= 0.6 is 36.4 Å². The first-order valence-electron chi connectivity index (χ1n) is 9.34. The van der Waals surface area contributed by atoms with Gasteiger partial charge in [0.05, 0.1) is 5.52 Å². The monoisotopic (exact) mass is 415 g/mol. The summed E-state index contributed by atoms with van der Waals surface area (Å²) in [4.78, 5) is 7.46. The van der Waals surface area contributed by atoms with Crippen molar-refractivity contribution >= 4 is 53.0 Å². The summed E-state index contributed by atoms with van der Waals surface area (Å²) in [6.07, 6.45) is 7.22. The van der Waals surface area contributed by atoms with Crippen LogP contribution in [-0.4, -0.2) is 35.6 Å². The molecule has 26 heavy (non-hydrogen) atoms. The molecule has 2 aliphatic rings. The van der Waals surface area contributed by atoms with Gasteiger partial charge in [-0.3, -0.25) is 4.98 Å². The Morgan fingerprint density at radius 2 is 1.88 bits per heavy atom. The molecular formula is C20H28Cl3N3.